The van der Waals surface area contributed by atoms with Gasteiger partial charge in [0.05, 0.1) is 10.6 Å². The van der Waals surface area contributed by atoms with E-state index in [-0.39, 0.29) is 11.5 Å². The molecule has 0 aliphatic heterocycles. The molecule has 2 aromatic rings. The van der Waals surface area contributed by atoms with Gasteiger partial charge in [-0.3, -0.25) is 14.8 Å². The summed E-state index contributed by atoms with van der Waals surface area (Å²) >= 11 is 3.17. The largest absolute Gasteiger partial charge is 0.360 e. The van der Waals surface area contributed by atoms with Crippen LogP contribution in [0.1, 0.15) is 11.3 Å². The van der Waals surface area contributed by atoms with Gasteiger partial charge in [0.2, 0.25) is 5.82 Å². The molecule has 1 N–H and O–H groups in total. The molecule has 0 fully saturated rings. The molecule has 0 unspecified atom stereocenters. The lowest BCUT2D eigenvalue weighted by Gasteiger charge is -2.05. The Bertz CT molecular complexity index is 626. The molecular weight excluding hydrogens is 314 g/mol. The van der Waals surface area contributed by atoms with E-state index >= 15 is 0 Å². The second-order valence-corrected chi connectivity index (χ2v) is 4.96. The summed E-state index contributed by atoms with van der Waals surface area (Å²) in [6.45, 7) is 2.33. The minimum Gasteiger partial charge on any atom is -0.360 e. The molecule has 0 spiro atoms. The van der Waals surface area contributed by atoms with E-state index in [1.165, 1.54) is 12.3 Å². The lowest BCUT2D eigenvalue weighted by molar-refractivity contribution is -0.384. The van der Waals surface area contributed by atoms with Crippen LogP contribution in [0.2, 0.25) is 0 Å². The number of nitrogens with zero attached hydrogens (tertiary/aromatic N) is 4. The number of nitrogens with one attached hydrogen (secondary N) is 1. The first kappa shape index (κ1) is 13.5. The lowest BCUT2D eigenvalue weighted by atomic mass is 10.2. The van der Waals surface area contributed by atoms with Crippen LogP contribution in [0.25, 0.3) is 0 Å². The van der Waals surface area contributed by atoms with Gasteiger partial charge >= 0.3 is 5.69 Å². The van der Waals surface area contributed by atoms with Gasteiger partial charge in [-0.15, -0.1) is 0 Å². The van der Waals surface area contributed by atoms with Gasteiger partial charge in [0.25, 0.3) is 0 Å². The van der Waals surface area contributed by atoms with E-state index in [1.54, 1.807) is 4.68 Å². The molecule has 0 aromatic carbocycles. The predicted octanol–water partition coefficient (Wildman–Crippen LogP) is 2.41. The minimum absolute atomic E-state index is 0.0593. The number of hydrogen-bond acceptors (Lipinski definition) is 5. The summed E-state index contributed by atoms with van der Waals surface area (Å²) in [5, 5.41) is 18.1. The first-order valence-electron chi connectivity index (χ1n) is 5.50. The average molecular weight is 326 g/mol. The molecule has 0 aliphatic carbocycles. The molecular formula is C11H12BrN5O2. The zero-order valence-corrected chi connectivity index (χ0v) is 12.0. The molecule has 100 valence electrons. The zero-order valence-electron chi connectivity index (χ0n) is 10.4. The number of aromatic nitrogens is 3. The van der Waals surface area contributed by atoms with E-state index in [0.29, 0.717) is 11.0 Å². The lowest BCUT2D eigenvalue weighted by Crippen LogP contribution is -2.05. The molecule has 0 saturated heterocycles. The number of anilines is 1. The summed E-state index contributed by atoms with van der Waals surface area (Å²) in [6.07, 6.45) is 3.39. The summed E-state index contributed by atoms with van der Waals surface area (Å²) in [6, 6.07) is 1.42. The number of hydrogen-bond donors (Lipinski definition) is 1. The van der Waals surface area contributed by atoms with Crippen molar-refractivity contribution < 1.29 is 4.92 Å². The molecule has 8 heteroatoms. The summed E-state index contributed by atoms with van der Waals surface area (Å²) in [5.41, 5.74) is 1.80. The molecule has 2 rings (SSSR count). The maximum atomic E-state index is 10.9. The zero-order chi connectivity index (χ0) is 14.0. The third-order valence-electron chi connectivity index (χ3n) is 2.59. The van der Waals surface area contributed by atoms with Crippen LogP contribution >= 0.6 is 15.9 Å². The quantitative estimate of drug-likeness (QED) is 0.689. The van der Waals surface area contributed by atoms with Gasteiger partial charge in [-0.1, -0.05) is 0 Å². The molecule has 0 atom stereocenters. The Morgan fingerprint density at radius 2 is 2.32 bits per heavy atom. The van der Waals surface area contributed by atoms with Crippen LogP contribution in [0.4, 0.5) is 11.5 Å². The highest BCUT2D eigenvalue weighted by atomic mass is 79.9. The summed E-state index contributed by atoms with van der Waals surface area (Å²) in [5.74, 6) is 0.247. The van der Waals surface area contributed by atoms with E-state index in [9.17, 15) is 10.1 Å². The monoisotopic (exact) mass is 325 g/mol. The van der Waals surface area contributed by atoms with Crippen LogP contribution in [-0.4, -0.2) is 19.7 Å². The second-order valence-electron chi connectivity index (χ2n) is 4.05. The Kier molecular flexibility index (Phi) is 3.79. The van der Waals surface area contributed by atoms with Crippen LogP contribution in [-0.2, 0) is 13.6 Å². The maximum absolute atomic E-state index is 10.9. The van der Waals surface area contributed by atoms with E-state index < -0.39 is 4.92 Å². The van der Waals surface area contributed by atoms with Crippen molar-refractivity contribution in [3.05, 3.63) is 44.3 Å². The average Bonchev–Trinajstić information content (AvgIpc) is 2.66. The van der Waals surface area contributed by atoms with Crippen molar-refractivity contribution in [2.24, 2.45) is 7.05 Å². The van der Waals surface area contributed by atoms with Crippen LogP contribution in [0.15, 0.2) is 22.9 Å². The van der Waals surface area contributed by atoms with E-state index in [2.05, 4.69) is 31.3 Å². The van der Waals surface area contributed by atoms with Gasteiger partial charge in [-0.2, -0.15) is 5.10 Å². The van der Waals surface area contributed by atoms with Crippen molar-refractivity contribution in [3.63, 3.8) is 0 Å². The highest BCUT2D eigenvalue weighted by Gasteiger charge is 2.16. The third kappa shape index (κ3) is 3.08. The van der Waals surface area contributed by atoms with Crippen LogP contribution in [0.3, 0.4) is 0 Å². The second kappa shape index (κ2) is 5.35. The molecule has 0 saturated carbocycles. The summed E-state index contributed by atoms with van der Waals surface area (Å²) < 4.78 is 2.28. The molecule has 2 heterocycles. The molecule has 7 nitrogen and oxygen atoms in total. The molecule has 2 aromatic heterocycles. The first-order valence-corrected chi connectivity index (χ1v) is 6.29. The standard InChI is InChI=1S/C11H12BrN5O2/c1-7-8(6-16(2)15-7)4-13-11-10(17(18)19)3-9(12)5-14-11/h3,5-6H,4H2,1-2H3,(H,13,14). The topological polar surface area (TPSA) is 85.9 Å². The van der Waals surface area contributed by atoms with Crippen molar-refractivity contribution in [1.29, 1.82) is 0 Å². The van der Waals surface area contributed by atoms with Crippen LogP contribution in [0, 0.1) is 17.0 Å². The Hall–Kier alpha value is -1.96. The number of aryl methyl sites for hydroxylation is 2. The number of rotatable bonds is 4. The van der Waals surface area contributed by atoms with E-state index in [1.807, 2.05) is 20.2 Å². The number of halogens is 1. The van der Waals surface area contributed by atoms with Gasteiger partial charge in [0.15, 0.2) is 0 Å². The molecule has 0 bridgehead atoms. The fourth-order valence-corrected chi connectivity index (χ4v) is 2.02. The molecule has 19 heavy (non-hydrogen) atoms. The fraction of sp³-hybridized carbons (Fsp3) is 0.273. The molecule has 0 radical (unpaired) electrons. The summed E-state index contributed by atoms with van der Waals surface area (Å²) in [7, 11) is 1.83. The molecule has 0 aliphatic rings. The Morgan fingerprint density at radius 1 is 1.58 bits per heavy atom. The Balaban J connectivity index is 2.20. The highest BCUT2D eigenvalue weighted by molar-refractivity contribution is 9.10. The van der Waals surface area contributed by atoms with Gasteiger partial charge in [-0.05, 0) is 22.9 Å². The summed E-state index contributed by atoms with van der Waals surface area (Å²) in [4.78, 5) is 14.5. The predicted molar refractivity (Wildman–Crippen MR) is 73.9 cm³/mol. The smallest absolute Gasteiger partial charge is 0.312 e. The van der Waals surface area contributed by atoms with Gasteiger partial charge in [0, 0.05) is 42.1 Å². The third-order valence-corrected chi connectivity index (χ3v) is 3.03. The Morgan fingerprint density at radius 3 is 2.89 bits per heavy atom. The van der Waals surface area contributed by atoms with Crippen molar-refractivity contribution in [2.45, 2.75) is 13.5 Å². The Labute approximate surface area is 117 Å². The minimum atomic E-state index is -0.462. The van der Waals surface area contributed by atoms with Crippen molar-refractivity contribution in [2.75, 3.05) is 5.32 Å². The van der Waals surface area contributed by atoms with Crippen molar-refractivity contribution >= 4 is 27.4 Å². The van der Waals surface area contributed by atoms with Crippen molar-refractivity contribution in [3.8, 4) is 0 Å². The van der Waals surface area contributed by atoms with Crippen molar-refractivity contribution in [1.82, 2.24) is 14.8 Å². The molecule has 0 amide bonds. The van der Waals surface area contributed by atoms with Gasteiger partial charge in [-0.25, -0.2) is 4.98 Å². The van der Waals surface area contributed by atoms with Crippen LogP contribution < -0.4 is 5.32 Å². The maximum Gasteiger partial charge on any atom is 0.312 e. The fourth-order valence-electron chi connectivity index (χ4n) is 1.71. The van der Waals surface area contributed by atoms with Gasteiger partial charge in [0.1, 0.15) is 0 Å². The first-order chi connectivity index (χ1) is 8.97. The SMILES string of the molecule is Cc1nn(C)cc1CNc1ncc(Br)cc1[N+](=O)[O-]. The van der Waals surface area contributed by atoms with Crippen LogP contribution in [0.5, 0.6) is 0 Å². The highest BCUT2D eigenvalue weighted by Crippen LogP contribution is 2.25. The number of nitro groups is 1. The normalized spacial score (nSPS) is 10.5. The number of pyridine rings is 1. The van der Waals surface area contributed by atoms with E-state index in [4.69, 9.17) is 0 Å². The van der Waals surface area contributed by atoms with Gasteiger partial charge < -0.3 is 5.32 Å². The van der Waals surface area contributed by atoms with E-state index in [0.717, 1.165) is 11.3 Å².